The van der Waals surface area contributed by atoms with Crippen LogP contribution in [-0.4, -0.2) is 56.3 Å². The number of hydrogen-bond donors (Lipinski definition) is 1. The lowest BCUT2D eigenvalue weighted by atomic mass is 9.94. The van der Waals surface area contributed by atoms with Crippen molar-refractivity contribution in [1.82, 2.24) is 9.21 Å². The van der Waals surface area contributed by atoms with Crippen LogP contribution in [0.25, 0.3) is 0 Å². The van der Waals surface area contributed by atoms with E-state index in [-0.39, 0.29) is 10.8 Å². The van der Waals surface area contributed by atoms with Crippen LogP contribution in [0.2, 0.25) is 0 Å². The Bertz CT molecular complexity index is 761. The fourth-order valence-electron chi connectivity index (χ4n) is 4.29. The van der Waals surface area contributed by atoms with Gasteiger partial charge in [-0.05, 0) is 74.4 Å². The number of sulfonamides is 1. The second kappa shape index (κ2) is 8.93. The second-order valence-corrected chi connectivity index (χ2v) is 10.7. The van der Waals surface area contributed by atoms with E-state index in [2.05, 4.69) is 31.0 Å². The summed E-state index contributed by atoms with van der Waals surface area (Å²) in [6.07, 6.45) is 3.33. The van der Waals surface area contributed by atoms with Crippen LogP contribution in [0.1, 0.15) is 40.0 Å². The quantitative estimate of drug-likeness (QED) is 0.815. The summed E-state index contributed by atoms with van der Waals surface area (Å²) in [4.78, 5) is 14.7. The Hall–Kier alpha value is -1.44. The van der Waals surface area contributed by atoms with E-state index in [1.165, 1.54) is 0 Å². The molecule has 1 aromatic carbocycles. The molecule has 0 aliphatic carbocycles. The highest BCUT2D eigenvalue weighted by atomic mass is 32.2. The number of rotatable bonds is 5. The average molecular weight is 408 g/mol. The lowest BCUT2D eigenvalue weighted by molar-refractivity contribution is -0.117. The molecule has 3 rings (SSSR count). The number of hydrogen-bond acceptors (Lipinski definition) is 4. The zero-order valence-electron chi connectivity index (χ0n) is 17.2. The standard InChI is InChI=1S/C21H33N3O3S/c1-16-8-10-23(11-9-16)15-21(25)22-19-4-6-20(7-5-19)28(26,27)24-13-17(2)12-18(3)14-24/h4-7,16-18H,8-15H2,1-3H3,(H,22,25)/t17-,18-/m1/s1. The minimum absolute atomic E-state index is 0.0520. The molecule has 156 valence electrons. The maximum Gasteiger partial charge on any atom is 0.243 e. The summed E-state index contributed by atoms with van der Waals surface area (Å²) in [6.45, 7) is 9.88. The summed E-state index contributed by atoms with van der Waals surface area (Å²) >= 11 is 0. The summed E-state index contributed by atoms with van der Waals surface area (Å²) < 4.78 is 27.5. The fourth-order valence-corrected chi connectivity index (χ4v) is 5.96. The molecule has 28 heavy (non-hydrogen) atoms. The van der Waals surface area contributed by atoms with Gasteiger partial charge in [0.15, 0.2) is 0 Å². The van der Waals surface area contributed by atoms with Gasteiger partial charge in [0.2, 0.25) is 15.9 Å². The van der Waals surface area contributed by atoms with Crippen molar-refractivity contribution in [2.45, 2.75) is 44.9 Å². The first-order valence-corrected chi connectivity index (χ1v) is 11.8. The zero-order valence-corrected chi connectivity index (χ0v) is 18.0. The predicted molar refractivity (Wildman–Crippen MR) is 112 cm³/mol. The van der Waals surface area contributed by atoms with Gasteiger partial charge in [0.25, 0.3) is 0 Å². The molecule has 0 bridgehead atoms. The Morgan fingerprint density at radius 2 is 1.57 bits per heavy atom. The van der Waals surface area contributed by atoms with E-state index >= 15 is 0 Å². The molecular formula is C21H33N3O3S. The third kappa shape index (κ3) is 5.33. The molecule has 7 heteroatoms. The summed E-state index contributed by atoms with van der Waals surface area (Å²) in [6, 6.07) is 6.55. The number of anilines is 1. The molecule has 2 heterocycles. The minimum Gasteiger partial charge on any atom is -0.325 e. The summed E-state index contributed by atoms with van der Waals surface area (Å²) in [5.41, 5.74) is 0.634. The van der Waals surface area contributed by atoms with E-state index in [1.807, 2.05) is 0 Å². The molecule has 0 saturated carbocycles. The summed E-state index contributed by atoms with van der Waals surface area (Å²) in [5.74, 6) is 1.42. The molecule has 0 aromatic heterocycles. The third-order valence-corrected chi connectivity index (χ3v) is 7.70. The minimum atomic E-state index is -3.49. The number of carbonyl (C=O) groups excluding carboxylic acids is 1. The number of benzene rings is 1. The number of nitrogens with one attached hydrogen (secondary N) is 1. The molecule has 2 saturated heterocycles. The van der Waals surface area contributed by atoms with Crippen molar-refractivity contribution in [2.75, 3.05) is 38.0 Å². The molecule has 1 amide bonds. The molecule has 2 fully saturated rings. The van der Waals surface area contributed by atoms with Gasteiger partial charge in [-0.1, -0.05) is 20.8 Å². The highest BCUT2D eigenvalue weighted by Crippen LogP contribution is 2.27. The van der Waals surface area contributed by atoms with Crippen LogP contribution in [0.5, 0.6) is 0 Å². The Morgan fingerprint density at radius 1 is 1.00 bits per heavy atom. The van der Waals surface area contributed by atoms with Crippen molar-refractivity contribution in [3.8, 4) is 0 Å². The molecule has 6 nitrogen and oxygen atoms in total. The normalized spacial score (nSPS) is 25.5. The highest BCUT2D eigenvalue weighted by Gasteiger charge is 2.31. The smallest absolute Gasteiger partial charge is 0.243 e. The van der Waals surface area contributed by atoms with Gasteiger partial charge >= 0.3 is 0 Å². The average Bonchev–Trinajstić information content (AvgIpc) is 2.63. The maximum absolute atomic E-state index is 12.9. The van der Waals surface area contributed by atoms with E-state index in [0.29, 0.717) is 37.2 Å². The second-order valence-electron chi connectivity index (χ2n) is 8.80. The largest absolute Gasteiger partial charge is 0.325 e. The summed E-state index contributed by atoms with van der Waals surface area (Å²) in [7, 11) is -3.49. The van der Waals surface area contributed by atoms with E-state index in [4.69, 9.17) is 0 Å². The van der Waals surface area contributed by atoms with Crippen LogP contribution in [-0.2, 0) is 14.8 Å². The van der Waals surface area contributed by atoms with E-state index in [1.54, 1.807) is 28.6 Å². The van der Waals surface area contributed by atoms with Crippen molar-refractivity contribution in [3.63, 3.8) is 0 Å². The zero-order chi connectivity index (χ0) is 20.3. The van der Waals surface area contributed by atoms with Gasteiger partial charge in [-0.25, -0.2) is 8.42 Å². The SMILES string of the molecule is CC1CCN(CC(=O)Nc2ccc(S(=O)(=O)N3C[C@H](C)C[C@@H](C)C3)cc2)CC1. The van der Waals surface area contributed by atoms with Gasteiger partial charge < -0.3 is 5.32 Å². The summed E-state index contributed by atoms with van der Waals surface area (Å²) in [5, 5.41) is 2.88. The number of likely N-dealkylation sites (tertiary alicyclic amines) is 1. The number of piperidine rings is 2. The van der Waals surface area contributed by atoms with Crippen molar-refractivity contribution in [1.29, 1.82) is 0 Å². The molecule has 0 unspecified atom stereocenters. The molecular weight excluding hydrogens is 374 g/mol. The molecule has 0 radical (unpaired) electrons. The van der Waals surface area contributed by atoms with Crippen LogP contribution in [0.15, 0.2) is 29.2 Å². The molecule has 2 aliphatic rings. The Kier molecular flexibility index (Phi) is 6.78. The highest BCUT2D eigenvalue weighted by molar-refractivity contribution is 7.89. The fraction of sp³-hybridized carbons (Fsp3) is 0.667. The molecule has 1 N–H and O–H groups in total. The lowest BCUT2D eigenvalue weighted by Crippen LogP contribution is -2.42. The topological polar surface area (TPSA) is 69.7 Å². The van der Waals surface area contributed by atoms with Gasteiger partial charge in [-0.3, -0.25) is 9.69 Å². The maximum atomic E-state index is 12.9. The monoisotopic (exact) mass is 407 g/mol. The van der Waals surface area contributed by atoms with Gasteiger partial charge in [0.05, 0.1) is 11.4 Å². The first-order valence-electron chi connectivity index (χ1n) is 10.4. The number of carbonyl (C=O) groups is 1. The molecule has 1 aromatic rings. The van der Waals surface area contributed by atoms with Crippen LogP contribution >= 0.6 is 0 Å². The third-order valence-electron chi connectivity index (χ3n) is 5.85. The van der Waals surface area contributed by atoms with Gasteiger partial charge in [-0.2, -0.15) is 4.31 Å². The lowest BCUT2D eigenvalue weighted by Gasteiger charge is -2.34. The van der Waals surface area contributed by atoms with Crippen LogP contribution in [0.3, 0.4) is 0 Å². The van der Waals surface area contributed by atoms with Crippen molar-refractivity contribution < 1.29 is 13.2 Å². The molecule has 0 spiro atoms. The number of amides is 1. The van der Waals surface area contributed by atoms with E-state index in [9.17, 15) is 13.2 Å². The first kappa shape index (κ1) is 21.3. The Labute approximate surface area is 169 Å². The van der Waals surface area contributed by atoms with Gasteiger partial charge in [0.1, 0.15) is 0 Å². The van der Waals surface area contributed by atoms with E-state index in [0.717, 1.165) is 38.3 Å². The van der Waals surface area contributed by atoms with E-state index < -0.39 is 10.0 Å². The van der Waals surface area contributed by atoms with Crippen molar-refractivity contribution in [3.05, 3.63) is 24.3 Å². The van der Waals surface area contributed by atoms with Crippen LogP contribution < -0.4 is 5.32 Å². The van der Waals surface area contributed by atoms with Crippen molar-refractivity contribution >= 4 is 21.6 Å². The number of nitrogens with zero attached hydrogens (tertiary/aromatic N) is 2. The van der Waals surface area contributed by atoms with Gasteiger partial charge in [-0.15, -0.1) is 0 Å². The predicted octanol–water partition coefficient (Wildman–Crippen LogP) is 3.02. The molecule has 2 atom stereocenters. The first-order chi connectivity index (χ1) is 13.2. The van der Waals surface area contributed by atoms with Gasteiger partial charge in [0, 0.05) is 18.8 Å². The Balaban J connectivity index is 1.59. The molecule has 2 aliphatic heterocycles. The van der Waals surface area contributed by atoms with Crippen LogP contribution in [0, 0.1) is 17.8 Å². The Morgan fingerprint density at radius 3 is 2.14 bits per heavy atom. The van der Waals surface area contributed by atoms with Crippen molar-refractivity contribution in [2.24, 2.45) is 17.8 Å². The van der Waals surface area contributed by atoms with Crippen LogP contribution in [0.4, 0.5) is 5.69 Å².